The zero-order valence-electron chi connectivity index (χ0n) is 12.0. The van der Waals surface area contributed by atoms with Crippen molar-refractivity contribution in [2.45, 2.75) is 71.8 Å². The van der Waals surface area contributed by atoms with E-state index in [0.717, 1.165) is 29.6 Å². The molecule has 0 heterocycles. The highest BCUT2D eigenvalue weighted by atomic mass is 14.7. The van der Waals surface area contributed by atoms with Crippen molar-refractivity contribution in [2.75, 3.05) is 0 Å². The van der Waals surface area contributed by atoms with Gasteiger partial charge in [0.25, 0.3) is 0 Å². The highest BCUT2D eigenvalue weighted by Gasteiger charge is 2.36. The predicted octanol–water partition coefficient (Wildman–Crippen LogP) is 4.21. The van der Waals surface area contributed by atoms with E-state index < -0.39 is 0 Å². The van der Waals surface area contributed by atoms with Crippen LogP contribution < -0.4 is 5.73 Å². The number of rotatable bonds is 2. The normalized spacial score (nSPS) is 43.9. The van der Waals surface area contributed by atoms with Crippen LogP contribution in [0.2, 0.25) is 0 Å². The topological polar surface area (TPSA) is 26.0 Å². The molecule has 5 unspecified atom stereocenters. The van der Waals surface area contributed by atoms with Crippen molar-refractivity contribution in [3.63, 3.8) is 0 Å². The third-order valence-electron chi connectivity index (χ3n) is 5.52. The van der Waals surface area contributed by atoms with Crippen molar-refractivity contribution < 1.29 is 0 Å². The van der Waals surface area contributed by atoms with E-state index >= 15 is 0 Å². The summed E-state index contributed by atoms with van der Waals surface area (Å²) in [6.07, 6.45) is 9.86. The third kappa shape index (κ3) is 3.24. The van der Waals surface area contributed by atoms with Crippen LogP contribution >= 0.6 is 0 Å². The fourth-order valence-corrected chi connectivity index (χ4v) is 4.28. The van der Waals surface area contributed by atoms with Gasteiger partial charge < -0.3 is 5.73 Å². The minimum Gasteiger partial charge on any atom is -0.327 e. The lowest BCUT2D eigenvalue weighted by molar-refractivity contribution is 0.102. The zero-order valence-corrected chi connectivity index (χ0v) is 12.0. The van der Waals surface area contributed by atoms with Gasteiger partial charge in [0.2, 0.25) is 0 Å². The number of nitrogens with two attached hydrogens (primary N) is 1. The molecule has 0 radical (unpaired) electrons. The Morgan fingerprint density at radius 1 is 1.00 bits per heavy atom. The highest BCUT2D eigenvalue weighted by molar-refractivity contribution is 4.89. The Balaban J connectivity index is 1.96. The van der Waals surface area contributed by atoms with Gasteiger partial charge in [0, 0.05) is 6.04 Å². The van der Waals surface area contributed by atoms with Gasteiger partial charge in [-0.1, -0.05) is 40.0 Å². The average molecular weight is 237 g/mol. The summed E-state index contributed by atoms with van der Waals surface area (Å²) in [6.45, 7) is 7.21. The molecule has 0 aromatic carbocycles. The maximum absolute atomic E-state index is 6.42. The van der Waals surface area contributed by atoms with Gasteiger partial charge in [0.15, 0.2) is 0 Å². The summed E-state index contributed by atoms with van der Waals surface area (Å²) in [5, 5.41) is 0. The summed E-state index contributed by atoms with van der Waals surface area (Å²) < 4.78 is 0. The maximum Gasteiger partial charge on any atom is 0.00700 e. The first-order chi connectivity index (χ1) is 8.08. The van der Waals surface area contributed by atoms with E-state index in [4.69, 9.17) is 5.73 Å². The zero-order chi connectivity index (χ0) is 12.4. The van der Waals surface area contributed by atoms with Crippen molar-refractivity contribution in [1.82, 2.24) is 0 Å². The van der Waals surface area contributed by atoms with Gasteiger partial charge in [-0.05, 0) is 55.3 Å². The van der Waals surface area contributed by atoms with E-state index in [-0.39, 0.29) is 0 Å². The molecule has 0 aromatic rings. The summed E-state index contributed by atoms with van der Waals surface area (Å²) in [7, 11) is 0. The van der Waals surface area contributed by atoms with Crippen molar-refractivity contribution in [1.29, 1.82) is 0 Å². The molecule has 1 nitrogen and oxygen atoms in total. The molecule has 1 heteroatoms. The highest BCUT2D eigenvalue weighted by Crippen LogP contribution is 2.42. The first-order valence-electron chi connectivity index (χ1n) is 7.83. The van der Waals surface area contributed by atoms with Crippen LogP contribution in [-0.2, 0) is 0 Å². The monoisotopic (exact) mass is 237 g/mol. The Labute approximate surface area is 108 Å². The molecule has 0 aliphatic heterocycles. The molecule has 0 amide bonds. The van der Waals surface area contributed by atoms with Crippen LogP contribution in [-0.4, -0.2) is 6.04 Å². The second-order valence-electron chi connectivity index (χ2n) is 7.18. The molecule has 0 spiro atoms. The number of hydrogen-bond donors (Lipinski definition) is 1. The molecule has 17 heavy (non-hydrogen) atoms. The molecule has 0 bridgehead atoms. The Kier molecular flexibility index (Phi) is 4.52. The second-order valence-corrected chi connectivity index (χ2v) is 7.18. The molecule has 5 atom stereocenters. The summed E-state index contributed by atoms with van der Waals surface area (Å²) in [6, 6.07) is 0.500. The summed E-state index contributed by atoms with van der Waals surface area (Å²) >= 11 is 0. The Morgan fingerprint density at radius 2 is 1.76 bits per heavy atom. The summed E-state index contributed by atoms with van der Waals surface area (Å²) in [5.41, 5.74) is 6.42. The van der Waals surface area contributed by atoms with Crippen molar-refractivity contribution in [3.8, 4) is 0 Å². The Hall–Kier alpha value is -0.0400. The molecule has 100 valence electrons. The lowest BCUT2D eigenvalue weighted by Gasteiger charge is -2.42. The predicted molar refractivity (Wildman–Crippen MR) is 74.8 cm³/mol. The van der Waals surface area contributed by atoms with Crippen LogP contribution in [0.5, 0.6) is 0 Å². The van der Waals surface area contributed by atoms with Gasteiger partial charge in [-0.2, -0.15) is 0 Å². The van der Waals surface area contributed by atoms with Gasteiger partial charge in [-0.15, -0.1) is 0 Å². The minimum atomic E-state index is 0.500. The Bertz CT molecular complexity index is 236. The summed E-state index contributed by atoms with van der Waals surface area (Å²) in [4.78, 5) is 0. The van der Waals surface area contributed by atoms with Crippen molar-refractivity contribution in [2.24, 2.45) is 35.3 Å². The van der Waals surface area contributed by atoms with E-state index in [2.05, 4.69) is 20.8 Å². The van der Waals surface area contributed by atoms with Crippen LogP contribution in [0.3, 0.4) is 0 Å². The van der Waals surface area contributed by atoms with Crippen LogP contribution in [0.1, 0.15) is 65.7 Å². The standard InChI is InChI=1S/C16H31N/c1-11(2)13-7-8-16(17)15(10-13)14-6-4-5-12(3)9-14/h11-16H,4-10,17H2,1-3H3. The molecule has 2 rings (SSSR count). The molecule has 2 fully saturated rings. The van der Waals surface area contributed by atoms with Gasteiger partial charge in [-0.3, -0.25) is 0 Å². The number of hydrogen-bond acceptors (Lipinski definition) is 1. The van der Waals surface area contributed by atoms with Gasteiger partial charge >= 0.3 is 0 Å². The lowest BCUT2D eigenvalue weighted by atomic mass is 9.65. The van der Waals surface area contributed by atoms with E-state index in [0.29, 0.717) is 6.04 Å². The van der Waals surface area contributed by atoms with E-state index in [1.807, 2.05) is 0 Å². The molecule has 2 N–H and O–H groups in total. The second kappa shape index (κ2) is 5.73. The first kappa shape index (κ1) is 13.4. The Morgan fingerprint density at radius 3 is 2.41 bits per heavy atom. The fourth-order valence-electron chi connectivity index (χ4n) is 4.28. The first-order valence-corrected chi connectivity index (χ1v) is 7.83. The van der Waals surface area contributed by atoms with E-state index in [1.165, 1.54) is 44.9 Å². The molecular weight excluding hydrogens is 206 g/mol. The minimum absolute atomic E-state index is 0.500. The molecule has 0 aromatic heterocycles. The molecule has 2 aliphatic rings. The molecule has 0 saturated heterocycles. The van der Waals surface area contributed by atoms with Crippen LogP contribution in [0, 0.1) is 29.6 Å². The van der Waals surface area contributed by atoms with E-state index in [9.17, 15) is 0 Å². The third-order valence-corrected chi connectivity index (χ3v) is 5.52. The summed E-state index contributed by atoms with van der Waals surface area (Å²) in [5.74, 6) is 4.51. The van der Waals surface area contributed by atoms with Crippen molar-refractivity contribution >= 4 is 0 Å². The smallest absolute Gasteiger partial charge is 0.00700 e. The lowest BCUT2D eigenvalue weighted by Crippen LogP contribution is -2.42. The van der Waals surface area contributed by atoms with Crippen LogP contribution in [0.25, 0.3) is 0 Å². The fraction of sp³-hybridized carbons (Fsp3) is 1.00. The molecule has 2 aliphatic carbocycles. The van der Waals surface area contributed by atoms with Crippen LogP contribution in [0.15, 0.2) is 0 Å². The SMILES string of the molecule is CC1CCCC(C2CC(C(C)C)CCC2N)C1. The van der Waals surface area contributed by atoms with Gasteiger partial charge in [-0.25, -0.2) is 0 Å². The van der Waals surface area contributed by atoms with Crippen LogP contribution in [0.4, 0.5) is 0 Å². The maximum atomic E-state index is 6.42. The molecular formula is C16H31N. The van der Waals surface area contributed by atoms with Gasteiger partial charge in [0.1, 0.15) is 0 Å². The molecule has 2 saturated carbocycles. The largest absolute Gasteiger partial charge is 0.327 e. The quantitative estimate of drug-likeness (QED) is 0.765. The average Bonchev–Trinajstić information content (AvgIpc) is 2.29. The van der Waals surface area contributed by atoms with Crippen molar-refractivity contribution in [3.05, 3.63) is 0 Å². The van der Waals surface area contributed by atoms with E-state index in [1.54, 1.807) is 0 Å². The van der Waals surface area contributed by atoms with Gasteiger partial charge in [0.05, 0.1) is 0 Å².